The second-order valence-electron chi connectivity index (χ2n) is 5.12. The molecule has 1 aliphatic carbocycles. The highest BCUT2D eigenvalue weighted by molar-refractivity contribution is 7.92. The Morgan fingerprint density at radius 2 is 2.06 bits per heavy atom. The van der Waals surface area contributed by atoms with Gasteiger partial charge in [-0.2, -0.15) is 0 Å². The summed E-state index contributed by atoms with van der Waals surface area (Å²) in [5, 5.41) is 0. The van der Waals surface area contributed by atoms with Crippen molar-refractivity contribution in [2.24, 2.45) is 5.73 Å². The number of sulfonamides is 1. The first-order chi connectivity index (χ1) is 8.09. The first-order valence-electron chi connectivity index (χ1n) is 5.72. The molecule has 0 bridgehead atoms. The number of carbonyl (C=O) groups excluding carboxylic acids is 1. The fourth-order valence-electron chi connectivity index (χ4n) is 1.77. The third kappa shape index (κ3) is 2.49. The number of rotatable bonds is 6. The van der Waals surface area contributed by atoms with E-state index in [1.807, 2.05) is 0 Å². The first kappa shape index (κ1) is 14.9. The van der Waals surface area contributed by atoms with Gasteiger partial charge in [0.05, 0.1) is 5.54 Å². The average molecular weight is 272 g/mol. The van der Waals surface area contributed by atoms with Crippen molar-refractivity contribution >= 4 is 15.9 Å². The molecule has 0 aromatic rings. The highest BCUT2D eigenvalue weighted by atomic mass is 32.2. The van der Waals surface area contributed by atoms with Gasteiger partial charge in [-0.15, -0.1) is 6.58 Å². The Morgan fingerprint density at radius 1 is 1.56 bits per heavy atom. The van der Waals surface area contributed by atoms with E-state index >= 15 is 0 Å². The summed E-state index contributed by atoms with van der Waals surface area (Å²) in [7, 11) is -3.76. The largest absolute Gasteiger partial charge is 0.317 e. The van der Waals surface area contributed by atoms with E-state index in [2.05, 4.69) is 17.9 Å². The topological polar surface area (TPSA) is 89.3 Å². The summed E-state index contributed by atoms with van der Waals surface area (Å²) in [6.45, 7) is 10.3. The predicted octanol–water partition coefficient (Wildman–Crippen LogP) is 0.835. The minimum atomic E-state index is -3.76. The minimum absolute atomic E-state index is 0.203. The van der Waals surface area contributed by atoms with E-state index in [1.165, 1.54) is 13.0 Å². The van der Waals surface area contributed by atoms with Crippen LogP contribution in [0.25, 0.3) is 0 Å². The van der Waals surface area contributed by atoms with Gasteiger partial charge < -0.3 is 5.73 Å². The Hall–Kier alpha value is -1.14. The maximum absolute atomic E-state index is 12.1. The molecule has 0 saturated heterocycles. The van der Waals surface area contributed by atoms with Crippen molar-refractivity contribution in [1.82, 2.24) is 4.72 Å². The van der Waals surface area contributed by atoms with Crippen molar-refractivity contribution in [3.63, 3.8) is 0 Å². The first-order valence-corrected chi connectivity index (χ1v) is 7.20. The number of hydrogen-bond acceptors (Lipinski definition) is 4. The second kappa shape index (κ2) is 4.51. The van der Waals surface area contributed by atoms with E-state index in [0.29, 0.717) is 18.4 Å². The van der Waals surface area contributed by atoms with E-state index in [0.717, 1.165) is 0 Å². The van der Waals surface area contributed by atoms with Crippen LogP contribution in [-0.4, -0.2) is 24.6 Å². The van der Waals surface area contributed by atoms with Gasteiger partial charge in [0.25, 0.3) is 5.91 Å². The van der Waals surface area contributed by atoms with Crippen molar-refractivity contribution in [2.45, 2.75) is 43.4 Å². The van der Waals surface area contributed by atoms with Crippen LogP contribution in [-0.2, 0) is 14.8 Å². The lowest BCUT2D eigenvalue weighted by atomic mass is 9.99. The van der Waals surface area contributed by atoms with E-state index < -0.39 is 26.2 Å². The molecule has 0 aromatic carbocycles. The van der Waals surface area contributed by atoms with Gasteiger partial charge in [-0.05, 0) is 33.1 Å². The lowest BCUT2D eigenvalue weighted by Gasteiger charge is -2.24. The monoisotopic (exact) mass is 272 g/mol. The molecule has 1 aliphatic rings. The van der Waals surface area contributed by atoms with Gasteiger partial charge in [0.15, 0.2) is 0 Å². The fourth-order valence-corrected chi connectivity index (χ4v) is 3.54. The van der Waals surface area contributed by atoms with Crippen molar-refractivity contribution in [2.75, 3.05) is 0 Å². The number of nitrogens with two attached hydrogens (primary N) is 1. The Labute approximate surface area is 108 Å². The van der Waals surface area contributed by atoms with Gasteiger partial charge in [-0.25, -0.2) is 8.42 Å². The Kier molecular flexibility index (Phi) is 3.74. The summed E-state index contributed by atoms with van der Waals surface area (Å²) in [6, 6.07) is 0. The van der Waals surface area contributed by atoms with Crippen molar-refractivity contribution in [3.8, 4) is 0 Å². The van der Waals surface area contributed by atoms with E-state index in [1.54, 1.807) is 6.92 Å². The molecule has 1 atom stereocenters. The molecule has 0 spiro atoms. The number of carbonyl (C=O) groups is 1. The van der Waals surface area contributed by atoms with Crippen LogP contribution in [0, 0.1) is 0 Å². The van der Waals surface area contributed by atoms with Gasteiger partial charge >= 0.3 is 0 Å². The molecule has 0 aromatic heterocycles. The second-order valence-corrected chi connectivity index (χ2v) is 7.11. The Bertz CT molecular complexity index is 487. The Balaban J connectivity index is 2.89. The molecule has 3 N–H and O–H groups in total. The molecule has 1 fully saturated rings. The highest BCUT2D eigenvalue weighted by Gasteiger charge is 2.56. The quantitative estimate of drug-likeness (QED) is 0.701. The molecular weight excluding hydrogens is 252 g/mol. The van der Waals surface area contributed by atoms with Crippen LogP contribution in [0.5, 0.6) is 0 Å². The lowest BCUT2D eigenvalue weighted by Crippen LogP contribution is -2.54. The summed E-state index contributed by atoms with van der Waals surface area (Å²) >= 11 is 0. The molecule has 18 heavy (non-hydrogen) atoms. The van der Waals surface area contributed by atoms with Gasteiger partial charge in [-0.3, -0.25) is 9.52 Å². The zero-order valence-corrected chi connectivity index (χ0v) is 11.6. The molecule has 1 unspecified atom stereocenters. The van der Waals surface area contributed by atoms with Crippen molar-refractivity contribution in [3.05, 3.63) is 24.8 Å². The van der Waals surface area contributed by atoms with Gasteiger partial charge in [-0.1, -0.05) is 18.2 Å². The zero-order chi connectivity index (χ0) is 14.2. The zero-order valence-electron chi connectivity index (χ0n) is 10.8. The third-order valence-electron chi connectivity index (χ3n) is 3.31. The van der Waals surface area contributed by atoms with E-state index in [9.17, 15) is 13.2 Å². The van der Waals surface area contributed by atoms with E-state index in [-0.39, 0.29) is 6.42 Å². The SMILES string of the molecule is C=CCC(C)(N)C(=O)NS(=O)(=O)C1(C(=C)C)CC1. The molecule has 1 rings (SSSR count). The predicted molar refractivity (Wildman–Crippen MR) is 71.2 cm³/mol. The highest BCUT2D eigenvalue weighted by Crippen LogP contribution is 2.48. The van der Waals surface area contributed by atoms with Crippen LogP contribution in [0.15, 0.2) is 24.8 Å². The number of nitrogens with one attached hydrogen (secondary N) is 1. The standard InChI is InChI=1S/C12H20N2O3S/c1-5-6-11(4,13)10(15)14-18(16,17)12(7-8-12)9(2)3/h5H,1-2,6-8,13H2,3-4H3,(H,14,15). The van der Waals surface area contributed by atoms with Crippen molar-refractivity contribution < 1.29 is 13.2 Å². The third-order valence-corrected chi connectivity index (χ3v) is 5.55. The van der Waals surface area contributed by atoms with Crippen LogP contribution in [0.3, 0.4) is 0 Å². The summed E-state index contributed by atoms with van der Waals surface area (Å²) in [5.41, 5.74) is 5.02. The molecule has 5 nitrogen and oxygen atoms in total. The van der Waals surface area contributed by atoms with Crippen LogP contribution in [0.1, 0.15) is 33.1 Å². The normalized spacial score (nSPS) is 20.6. The van der Waals surface area contributed by atoms with E-state index in [4.69, 9.17) is 5.73 Å². The maximum atomic E-state index is 12.1. The summed E-state index contributed by atoms with van der Waals surface area (Å²) in [6.07, 6.45) is 2.67. The summed E-state index contributed by atoms with van der Waals surface area (Å²) in [4.78, 5) is 11.9. The fraction of sp³-hybridized carbons (Fsp3) is 0.583. The Morgan fingerprint density at radius 3 is 2.39 bits per heavy atom. The molecule has 0 radical (unpaired) electrons. The molecule has 0 aliphatic heterocycles. The molecule has 0 heterocycles. The average Bonchev–Trinajstić information content (AvgIpc) is 2.96. The molecule has 1 amide bonds. The lowest BCUT2D eigenvalue weighted by molar-refractivity contribution is -0.123. The van der Waals surface area contributed by atoms with Gasteiger partial charge in [0.2, 0.25) is 10.0 Å². The van der Waals surface area contributed by atoms with Crippen LogP contribution >= 0.6 is 0 Å². The summed E-state index contributed by atoms with van der Waals surface area (Å²) in [5.74, 6) is -0.713. The minimum Gasteiger partial charge on any atom is -0.317 e. The van der Waals surface area contributed by atoms with Gasteiger partial charge in [0, 0.05) is 0 Å². The molecular formula is C12H20N2O3S. The maximum Gasteiger partial charge on any atom is 0.253 e. The van der Waals surface area contributed by atoms with Gasteiger partial charge in [0.1, 0.15) is 4.75 Å². The molecule has 6 heteroatoms. The van der Waals surface area contributed by atoms with Crippen LogP contribution in [0.4, 0.5) is 0 Å². The number of amides is 1. The smallest absolute Gasteiger partial charge is 0.253 e. The number of hydrogen-bond donors (Lipinski definition) is 2. The van der Waals surface area contributed by atoms with Crippen molar-refractivity contribution in [1.29, 1.82) is 0 Å². The molecule has 102 valence electrons. The molecule has 1 saturated carbocycles. The van der Waals surface area contributed by atoms with Crippen LogP contribution in [0.2, 0.25) is 0 Å². The summed E-state index contributed by atoms with van der Waals surface area (Å²) < 4.78 is 25.4. The van der Waals surface area contributed by atoms with Crippen LogP contribution < -0.4 is 10.5 Å².